The summed E-state index contributed by atoms with van der Waals surface area (Å²) in [5, 5.41) is 14.1. The van der Waals surface area contributed by atoms with Crippen LogP contribution in [0.2, 0.25) is 0 Å². The van der Waals surface area contributed by atoms with Crippen molar-refractivity contribution in [2.75, 3.05) is 18.5 Å². The Morgan fingerprint density at radius 2 is 1.71 bits per heavy atom. The Balaban J connectivity index is 1.99. The molecule has 1 aliphatic rings. The van der Waals surface area contributed by atoms with Gasteiger partial charge in [-0.25, -0.2) is 0 Å². The minimum absolute atomic E-state index is 0.0250. The minimum atomic E-state index is -0.510. The molecule has 2 aromatic rings. The number of carbonyl (C=O) groups excluding carboxylic acids is 2. The van der Waals surface area contributed by atoms with E-state index in [2.05, 4.69) is 5.32 Å². The lowest BCUT2D eigenvalue weighted by Gasteiger charge is -2.16. The highest BCUT2D eigenvalue weighted by Gasteiger charge is 2.39. The van der Waals surface area contributed by atoms with Gasteiger partial charge in [0, 0.05) is 17.8 Å². The van der Waals surface area contributed by atoms with Crippen molar-refractivity contribution < 1.29 is 19.2 Å². The minimum Gasteiger partial charge on any atom is -0.377 e. The van der Waals surface area contributed by atoms with Gasteiger partial charge in [0.05, 0.1) is 29.8 Å². The van der Waals surface area contributed by atoms with Crippen LogP contribution in [0.5, 0.6) is 0 Å². The van der Waals surface area contributed by atoms with Gasteiger partial charge in [0.25, 0.3) is 17.5 Å². The first-order chi connectivity index (χ1) is 14.7. The third kappa shape index (κ3) is 4.80. The van der Waals surface area contributed by atoms with Crippen LogP contribution in [0.3, 0.4) is 0 Å². The summed E-state index contributed by atoms with van der Waals surface area (Å²) in [4.78, 5) is 37.9. The molecule has 1 N–H and O–H groups in total. The smallest absolute Gasteiger partial charge is 0.278 e. The van der Waals surface area contributed by atoms with Crippen molar-refractivity contribution in [2.24, 2.45) is 0 Å². The summed E-state index contributed by atoms with van der Waals surface area (Å²) in [7, 11) is 0. The standard InChI is InChI=1S/C23H25N3O5/c1-14(2)31-12-11-25-22(27)20(17-6-9-19(10-7-17)26(29)30)21(23(25)28)24-18-8-5-15(3)16(4)13-18/h5-10,13-14,24H,11-12H2,1-4H3. The molecule has 162 valence electrons. The van der Waals surface area contributed by atoms with Crippen LogP contribution in [0.1, 0.15) is 30.5 Å². The Bertz CT molecular complexity index is 1060. The highest BCUT2D eigenvalue weighted by Crippen LogP contribution is 2.31. The van der Waals surface area contributed by atoms with E-state index >= 15 is 0 Å². The number of carbonyl (C=O) groups is 2. The molecule has 0 saturated heterocycles. The lowest BCUT2D eigenvalue weighted by Crippen LogP contribution is -2.35. The predicted octanol–water partition coefficient (Wildman–Crippen LogP) is 3.83. The number of nitrogens with one attached hydrogen (secondary N) is 1. The van der Waals surface area contributed by atoms with Crippen LogP contribution in [0.25, 0.3) is 5.57 Å². The molecule has 2 aromatic carbocycles. The molecule has 1 heterocycles. The first-order valence-electron chi connectivity index (χ1n) is 10.00. The molecular formula is C23H25N3O5. The highest BCUT2D eigenvalue weighted by molar-refractivity contribution is 6.36. The maximum Gasteiger partial charge on any atom is 0.278 e. The third-order valence-electron chi connectivity index (χ3n) is 5.08. The summed E-state index contributed by atoms with van der Waals surface area (Å²) < 4.78 is 5.51. The number of anilines is 1. The Morgan fingerprint density at radius 3 is 2.29 bits per heavy atom. The van der Waals surface area contributed by atoms with Gasteiger partial charge in [0.15, 0.2) is 0 Å². The average molecular weight is 423 g/mol. The van der Waals surface area contributed by atoms with Crippen LogP contribution in [0, 0.1) is 24.0 Å². The molecule has 0 unspecified atom stereocenters. The van der Waals surface area contributed by atoms with E-state index in [1.165, 1.54) is 24.3 Å². The number of amides is 2. The monoisotopic (exact) mass is 423 g/mol. The van der Waals surface area contributed by atoms with Crippen LogP contribution in [-0.2, 0) is 14.3 Å². The predicted molar refractivity (Wildman–Crippen MR) is 117 cm³/mol. The van der Waals surface area contributed by atoms with Crippen LogP contribution in [0.4, 0.5) is 11.4 Å². The van der Waals surface area contributed by atoms with Crippen molar-refractivity contribution in [1.29, 1.82) is 0 Å². The SMILES string of the molecule is Cc1ccc(NC2=C(c3ccc([N+](=O)[O-])cc3)C(=O)N(CCOC(C)C)C2=O)cc1C. The molecule has 8 nitrogen and oxygen atoms in total. The van der Waals surface area contributed by atoms with E-state index in [1.54, 1.807) is 0 Å². The van der Waals surface area contributed by atoms with Gasteiger partial charge in [0.2, 0.25) is 0 Å². The number of ether oxygens (including phenoxy) is 1. The second-order valence-electron chi connectivity index (χ2n) is 7.66. The van der Waals surface area contributed by atoms with Crippen LogP contribution < -0.4 is 5.32 Å². The van der Waals surface area contributed by atoms with E-state index in [9.17, 15) is 19.7 Å². The second kappa shape index (κ2) is 9.09. The number of nitro groups is 1. The second-order valence-corrected chi connectivity index (χ2v) is 7.66. The maximum absolute atomic E-state index is 13.2. The van der Waals surface area contributed by atoms with Gasteiger partial charge in [-0.05, 0) is 68.7 Å². The summed E-state index contributed by atoms with van der Waals surface area (Å²) in [5.41, 5.74) is 3.50. The van der Waals surface area contributed by atoms with Gasteiger partial charge < -0.3 is 10.1 Å². The molecule has 0 atom stereocenters. The zero-order chi connectivity index (χ0) is 22.7. The lowest BCUT2D eigenvalue weighted by molar-refractivity contribution is -0.384. The van der Waals surface area contributed by atoms with E-state index in [4.69, 9.17) is 4.74 Å². The van der Waals surface area contributed by atoms with Crippen molar-refractivity contribution in [2.45, 2.75) is 33.8 Å². The van der Waals surface area contributed by atoms with Crippen LogP contribution in [-0.4, -0.2) is 40.9 Å². The van der Waals surface area contributed by atoms with E-state index in [-0.39, 0.29) is 36.2 Å². The van der Waals surface area contributed by atoms with E-state index < -0.39 is 16.7 Å². The molecule has 3 rings (SSSR count). The molecule has 1 aliphatic heterocycles. The number of nitrogens with zero attached hydrogens (tertiary/aromatic N) is 2. The molecule has 0 bridgehead atoms. The molecule has 0 aliphatic carbocycles. The van der Waals surface area contributed by atoms with E-state index in [1.807, 2.05) is 45.9 Å². The first-order valence-corrected chi connectivity index (χ1v) is 10.00. The van der Waals surface area contributed by atoms with E-state index in [0.717, 1.165) is 16.0 Å². The average Bonchev–Trinajstić information content (AvgIpc) is 2.94. The van der Waals surface area contributed by atoms with Crippen molar-refractivity contribution in [3.05, 3.63) is 75.0 Å². The van der Waals surface area contributed by atoms with Crippen molar-refractivity contribution in [1.82, 2.24) is 4.90 Å². The highest BCUT2D eigenvalue weighted by atomic mass is 16.6. The number of nitro benzene ring substituents is 1. The Hall–Kier alpha value is -3.52. The molecular weight excluding hydrogens is 398 g/mol. The summed E-state index contributed by atoms with van der Waals surface area (Å²) in [6.07, 6.45) is -0.0250. The number of hydrogen-bond donors (Lipinski definition) is 1. The Morgan fingerprint density at radius 1 is 1.03 bits per heavy atom. The summed E-state index contributed by atoms with van der Waals surface area (Å²) >= 11 is 0. The van der Waals surface area contributed by atoms with Crippen molar-refractivity contribution >= 4 is 28.8 Å². The molecule has 0 spiro atoms. The molecule has 0 radical (unpaired) electrons. The Kier molecular flexibility index (Phi) is 6.50. The number of rotatable bonds is 8. The van der Waals surface area contributed by atoms with Gasteiger partial charge in [-0.15, -0.1) is 0 Å². The van der Waals surface area contributed by atoms with Gasteiger partial charge in [-0.3, -0.25) is 24.6 Å². The van der Waals surface area contributed by atoms with Crippen LogP contribution in [0.15, 0.2) is 48.2 Å². The van der Waals surface area contributed by atoms with E-state index in [0.29, 0.717) is 11.3 Å². The number of aryl methyl sites for hydroxylation is 2. The summed E-state index contributed by atoms with van der Waals surface area (Å²) in [5.74, 6) is -0.915. The van der Waals surface area contributed by atoms with Gasteiger partial charge in [-0.2, -0.15) is 0 Å². The maximum atomic E-state index is 13.2. The van der Waals surface area contributed by atoms with Gasteiger partial charge >= 0.3 is 0 Å². The lowest BCUT2D eigenvalue weighted by atomic mass is 10.0. The fourth-order valence-electron chi connectivity index (χ4n) is 3.26. The van der Waals surface area contributed by atoms with Crippen molar-refractivity contribution in [3.63, 3.8) is 0 Å². The Labute approximate surface area is 180 Å². The largest absolute Gasteiger partial charge is 0.377 e. The van der Waals surface area contributed by atoms with Gasteiger partial charge in [0.1, 0.15) is 5.70 Å². The zero-order valence-corrected chi connectivity index (χ0v) is 18.0. The quantitative estimate of drug-likeness (QED) is 0.393. The summed E-state index contributed by atoms with van der Waals surface area (Å²) in [6.45, 7) is 8.04. The van der Waals surface area contributed by atoms with Gasteiger partial charge in [-0.1, -0.05) is 6.07 Å². The topological polar surface area (TPSA) is 102 Å². The van der Waals surface area contributed by atoms with Crippen LogP contribution >= 0.6 is 0 Å². The third-order valence-corrected chi connectivity index (χ3v) is 5.08. The molecule has 8 heteroatoms. The fourth-order valence-corrected chi connectivity index (χ4v) is 3.26. The van der Waals surface area contributed by atoms with Crippen molar-refractivity contribution in [3.8, 4) is 0 Å². The normalized spacial score (nSPS) is 14.0. The summed E-state index contributed by atoms with van der Waals surface area (Å²) in [6, 6.07) is 11.3. The molecule has 0 saturated carbocycles. The fraction of sp³-hybridized carbons (Fsp3) is 0.304. The number of hydrogen-bond acceptors (Lipinski definition) is 6. The molecule has 0 fully saturated rings. The zero-order valence-electron chi connectivity index (χ0n) is 18.0. The number of benzene rings is 2. The molecule has 31 heavy (non-hydrogen) atoms. The number of non-ortho nitro benzene ring substituents is 1. The first kappa shape index (κ1) is 22.2. The molecule has 2 amide bonds. The number of imide groups is 1. The molecule has 0 aromatic heterocycles.